The number of likely N-dealkylation sites (tertiary alicyclic amines) is 1. The lowest BCUT2D eigenvalue weighted by atomic mass is 9.97. The molecule has 1 fully saturated rings. The summed E-state index contributed by atoms with van der Waals surface area (Å²) in [5.74, 6) is -0.803. The first kappa shape index (κ1) is 26.7. The van der Waals surface area contributed by atoms with Crippen LogP contribution in [0.3, 0.4) is 0 Å². The Kier molecular flexibility index (Phi) is 8.41. The van der Waals surface area contributed by atoms with Crippen molar-refractivity contribution in [2.24, 2.45) is 11.0 Å². The van der Waals surface area contributed by atoms with Gasteiger partial charge in [-0.3, -0.25) is 14.5 Å². The average Bonchev–Trinajstić information content (AvgIpc) is 3.31. The third-order valence-electron chi connectivity index (χ3n) is 6.84. The minimum absolute atomic E-state index is 0.237. The molecule has 0 saturated carbocycles. The number of aliphatic hydroxyl groups excluding tert-OH is 1. The smallest absolute Gasteiger partial charge is 0.275 e. The summed E-state index contributed by atoms with van der Waals surface area (Å²) in [6.07, 6.45) is 3.31. The fourth-order valence-corrected chi connectivity index (χ4v) is 5.83. The average molecular weight is 545 g/mol. The minimum atomic E-state index is -0.476. The van der Waals surface area contributed by atoms with Gasteiger partial charge in [-0.15, -0.1) is 11.3 Å². The van der Waals surface area contributed by atoms with E-state index in [2.05, 4.69) is 20.7 Å². The van der Waals surface area contributed by atoms with Gasteiger partial charge in [-0.2, -0.15) is 5.10 Å². The molecule has 3 N–H and O–H groups in total. The number of carbonyl (C=O) groups excluding carboxylic acids is 2. The molecule has 0 atom stereocenters. The largest absolute Gasteiger partial charge is 0.396 e. The molecule has 2 amide bonds. The van der Waals surface area contributed by atoms with Crippen molar-refractivity contribution in [2.45, 2.75) is 19.4 Å². The summed E-state index contributed by atoms with van der Waals surface area (Å²) in [5.41, 5.74) is 4.87. The highest BCUT2D eigenvalue weighted by molar-refractivity contribution is 7.23. The predicted octanol–water partition coefficient (Wildman–Crippen LogP) is 5.26. The number of halogens is 1. The van der Waals surface area contributed by atoms with Crippen LogP contribution in [-0.2, 0) is 6.54 Å². The number of hydrazone groups is 1. The van der Waals surface area contributed by atoms with Gasteiger partial charge in [0.05, 0.1) is 11.8 Å². The number of anilines is 1. The Balaban J connectivity index is 1.31. The van der Waals surface area contributed by atoms with Crippen LogP contribution in [0.5, 0.6) is 0 Å². The fourth-order valence-electron chi connectivity index (χ4n) is 4.74. The molecule has 3 aromatic carbocycles. The zero-order valence-electron chi connectivity index (χ0n) is 21.3. The van der Waals surface area contributed by atoms with Crippen LogP contribution in [0.1, 0.15) is 44.7 Å². The predicted molar refractivity (Wildman–Crippen MR) is 153 cm³/mol. The summed E-state index contributed by atoms with van der Waals surface area (Å²) in [4.78, 5) is 28.8. The number of piperidine rings is 1. The van der Waals surface area contributed by atoms with E-state index in [9.17, 15) is 19.1 Å². The lowest BCUT2D eigenvalue weighted by molar-refractivity contribution is 0.0958. The van der Waals surface area contributed by atoms with Crippen LogP contribution in [0.25, 0.3) is 10.1 Å². The first-order valence-electron chi connectivity index (χ1n) is 12.8. The van der Waals surface area contributed by atoms with E-state index in [-0.39, 0.29) is 12.5 Å². The van der Waals surface area contributed by atoms with Crippen LogP contribution < -0.4 is 10.7 Å². The number of nitrogens with zero attached hydrogens (tertiary/aromatic N) is 2. The van der Waals surface area contributed by atoms with E-state index < -0.39 is 11.7 Å². The second-order valence-corrected chi connectivity index (χ2v) is 10.7. The Morgan fingerprint density at radius 3 is 2.62 bits per heavy atom. The van der Waals surface area contributed by atoms with E-state index in [4.69, 9.17) is 0 Å². The van der Waals surface area contributed by atoms with Crippen molar-refractivity contribution in [1.82, 2.24) is 10.3 Å². The zero-order valence-corrected chi connectivity index (χ0v) is 22.1. The van der Waals surface area contributed by atoms with E-state index in [1.54, 1.807) is 18.2 Å². The number of hydrogen-bond acceptors (Lipinski definition) is 6. The molecule has 1 aliphatic rings. The van der Waals surface area contributed by atoms with Crippen molar-refractivity contribution < 1.29 is 19.1 Å². The molecular weight excluding hydrogens is 515 g/mol. The van der Waals surface area contributed by atoms with E-state index in [0.29, 0.717) is 33.0 Å². The van der Waals surface area contributed by atoms with E-state index >= 15 is 0 Å². The van der Waals surface area contributed by atoms with Gasteiger partial charge < -0.3 is 10.4 Å². The maximum atomic E-state index is 13.4. The lowest BCUT2D eigenvalue weighted by Crippen LogP contribution is -2.34. The minimum Gasteiger partial charge on any atom is -0.396 e. The van der Waals surface area contributed by atoms with Gasteiger partial charge in [-0.05, 0) is 73.3 Å². The number of hydrogen-bond donors (Lipinski definition) is 3. The molecule has 2 heterocycles. The van der Waals surface area contributed by atoms with Crippen molar-refractivity contribution >= 4 is 44.5 Å². The molecule has 5 rings (SSSR count). The number of benzene rings is 3. The molecule has 0 bridgehead atoms. The van der Waals surface area contributed by atoms with E-state index in [1.807, 2.05) is 42.5 Å². The summed E-state index contributed by atoms with van der Waals surface area (Å²) in [7, 11) is 0. The number of fused-ring (bicyclic) bond motifs is 1. The number of nitrogens with one attached hydrogen (secondary N) is 2. The van der Waals surface area contributed by atoms with Gasteiger partial charge in [0.1, 0.15) is 10.8 Å². The number of thiophene rings is 1. The van der Waals surface area contributed by atoms with Gasteiger partial charge >= 0.3 is 0 Å². The fraction of sp³-hybridized carbons (Fsp3) is 0.233. The molecule has 1 aliphatic heterocycles. The summed E-state index contributed by atoms with van der Waals surface area (Å²) in [5, 5.41) is 17.4. The van der Waals surface area contributed by atoms with Crippen molar-refractivity contribution in [3.8, 4) is 0 Å². The van der Waals surface area contributed by atoms with Gasteiger partial charge in [-0.25, -0.2) is 9.82 Å². The SMILES string of the molecule is O=C(Nc1sc2ccccc2c1C(=O)N/N=C/c1cccc(F)c1)c1cccc(CN2CCC(CO)CC2)c1. The normalized spacial score (nSPS) is 14.6. The van der Waals surface area contributed by atoms with Gasteiger partial charge in [-0.1, -0.05) is 42.5 Å². The summed E-state index contributed by atoms with van der Waals surface area (Å²) in [6, 6.07) is 20.8. The number of aliphatic hydroxyl groups is 1. The highest BCUT2D eigenvalue weighted by atomic mass is 32.1. The molecule has 4 aromatic rings. The number of rotatable bonds is 8. The van der Waals surface area contributed by atoms with Crippen molar-refractivity contribution in [3.05, 3.63) is 101 Å². The number of amides is 2. The van der Waals surface area contributed by atoms with Crippen LogP contribution in [0, 0.1) is 11.7 Å². The van der Waals surface area contributed by atoms with E-state index in [1.165, 1.54) is 29.7 Å². The lowest BCUT2D eigenvalue weighted by Gasteiger charge is -2.31. The molecule has 0 spiro atoms. The van der Waals surface area contributed by atoms with Crippen LogP contribution in [0.15, 0.2) is 77.9 Å². The van der Waals surface area contributed by atoms with Gasteiger partial charge in [0.25, 0.3) is 11.8 Å². The Morgan fingerprint density at radius 1 is 1.03 bits per heavy atom. The maximum Gasteiger partial charge on any atom is 0.275 e. The molecule has 1 saturated heterocycles. The monoisotopic (exact) mass is 544 g/mol. The molecule has 39 heavy (non-hydrogen) atoms. The molecule has 200 valence electrons. The van der Waals surface area contributed by atoms with Crippen molar-refractivity contribution in [1.29, 1.82) is 0 Å². The molecule has 0 radical (unpaired) electrons. The highest BCUT2D eigenvalue weighted by Gasteiger charge is 2.22. The van der Waals surface area contributed by atoms with Gasteiger partial charge in [0.2, 0.25) is 0 Å². The standard InChI is InChI=1S/C30H29FN4O3S/c31-24-8-4-5-21(16-24)17-32-34-29(38)27-25-9-1-2-10-26(25)39-30(27)33-28(37)23-7-3-6-22(15-23)18-35-13-11-20(19-36)12-14-35/h1-10,15-17,20,36H,11-14,18-19H2,(H,33,37)(H,34,38)/b32-17+. The van der Waals surface area contributed by atoms with Crippen molar-refractivity contribution in [3.63, 3.8) is 0 Å². The topological polar surface area (TPSA) is 94.0 Å². The third kappa shape index (κ3) is 6.57. The quantitative estimate of drug-likeness (QED) is 0.208. The Hall–Kier alpha value is -3.92. The van der Waals surface area contributed by atoms with Crippen LogP contribution in [0.2, 0.25) is 0 Å². The first-order chi connectivity index (χ1) is 19.0. The Labute approximate surface area is 230 Å². The Bertz CT molecular complexity index is 1510. The third-order valence-corrected chi connectivity index (χ3v) is 7.92. The summed E-state index contributed by atoms with van der Waals surface area (Å²) in [6.45, 7) is 2.81. The number of carbonyl (C=O) groups is 2. The molecule has 1 aromatic heterocycles. The molecule has 0 unspecified atom stereocenters. The van der Waals surface area contributed by atoms with Crippen LogP contribution in [0.4, 0.5) is 9.39 Å². The second-order valence-electron chi connectivity index (χ2n) is 9.61. The molecule has 9 heteroatoms. The molecular formula is C30H29FN4O3S. The van der Waals surface area contributed by atoms with Gasteiger partial charge in [0, 0.05) is 28.8 Å². The van der Waals surface area contributed by atoms with Crippen LogP contribution in [-0.4, -0.2) is 47.7 Å². The zero-order chi connectivity index (χ0) is 27.2. The summed E-state index contributed by atoms with van der Waals surface area (Å²) >= 11 is 1.32. The van der Waals surface area contributed by atoms with Gasteiger partial charge in [0.15, 0.2) is 0 Å². The molecule has 7 nitrogen and oxygen atoms in total. The maximum absolute atomic E-state index is 13.4. The Morgan fingerprint density at radius 2 is 1.82 bits per heavy atom. The molecule has 0 aliphatic carbocycles. The first-order valence-corrected chi connectivity index (χ1v) is 13.7. The highest BCUT2D eigenvalue weighted by Crippen LogP contribution is 2.36. The second kappa shape index (κ2) is 12.3. The van der Waals surface area contributed by atoms with Crippen molar-refractivity contribution in [2.75, 3.05) is 25.0 Å². The summed E-state index contributed by atoms with van der Waals surface area (Å²) < 4.78 is 14.3. The van der Waals surface area contributed by atoms with E-state index in [0.717, 1.165) is 42.7 Å². The van der Waals surface area contributed by atoms with Crippen LogP contribution >= 0.6 is 11.3 Å².